The molecule has 1 aliphatic heterocycles. The van der Waals surface area contributed by atoms with Crippen molar-refractivity contribution in [1.82, 2.24) is 4.57 Å². The smallest absolute Gasteiger partial charge is 0.190 e. The second-order valence-corrected chi connectivity index (χ2v) is 7.90. The van der Waals surface area contributed by atoms with Gasteiger partial charge in [-0.3, -0.25) is 0 Å². The van der Waals surface area contributed by atoms with Crippen LogP contribution < -0.4 is 4.80 Å². The van der Waals surface area contributed by atoms with Crippen molar-refractivity contribution in [3.05, 3.63) is 68.8 Å². The van der Waals surface area contributed by atoms with Gasteiger partial charge in [0.15, 0.2) is 4.80 Å². The number of para-hydroxylation sites is 1. The summed E-state index contributed by atoms with van der Waals surface area (Å²) in [5, 5.41) is 3.44. The lowest BCUT2D eigenvalue weighted by atomic mass is 10.1. The van der Waals surface area contributed by atoms with Crippen molar-refractivity contribution >= 4 is 40.2 Å². The molecule has 2 aromatic carbocycles. The van der Waals surface area contributed by atoms with Crippen LogP contribution in [-0.2, 0) is 11.3 Å². The third-order valence-corrected chi connectivity index (χ3v) is 5.82. The fourth-order valence-electron chi connectivity index (χ4n) is 3.11. The van der Waals surface area contributed by atoms with E-state index in [0.29, 0.717) is 10.0 Å². The predicted octanol–water partition coefficient (Wildman–Crippen LogP) is 5.93. The quantitative estimate of drug-likeness (QED) is 0.528. The van der Waals surface area contributed by atoms with Crippen molar-refractivity contribution < 1.29 is 4.74 Å². The van der Waals surface area contributed by atoms with Crippen LogP contribution in [0.5, 0.6) is 0 Å². The Morgan fingerprint density at radius 3 is 2.77 bits per heavy atom. The number of nitrogens with zero attached hydrogens (tertiary/aromatic N) is 2. The van der Waals surface area contributed by atoms with Crippen molar-refractivity contribution in [2.75, 3.05) is 6.61 Å². The molecule has 0 amide bonds. The van der Waals surface area contributed by atoms with Gasteiger partial charge in [0.2, 0.25) is 0 Å². The highest BCUT2D eigenvalue weighted by Gasteiger charge is 2.20. The summed E-state index contributed by atoms with van der Waals surface area (Å²) in [4.78, 5) is 5.76. The second kappa shape index (κ2) is 7.97. The zero-order valence-electron chi connectivity index (χ0n) is 14.1. The molecule has 6 heteroatoms. The van der Waals surface area contributed by atoms with E-state index in [4.69, 9.17) is 32.9 Å². The first-order valence-electron chi connectivity index (χ1n) is 8.56. The van der Waals surface area contributed by atoms with E-state index in [1.807, 2.05) is 42.5 Å². The molecular weight excluding hydrogens is 387 g/mol. The van der Waals surface area contributed by atoms with Crippen LogP contribution in [0.1, 0.15) is 12.8 Å². The van der Waals surface area contributed by atoms with Gasteiger partial charge in [0, 0.05) is 22.6 Å². The van der Waals surface area contributed by atoms with Crippen LogP contribution in [0, 0.1) is 0 Å². The van der Waals surface area contributed by atoms with Gasteiger partial charge in [0.25, 0.3) is 0 Å². The monoisotopic (exact) mass is 404 g/mol. The van der Waals surface area contributed by atoms with Crippen LogP contribution >= 0.6 is 34.5 Å². The molecule has 1 aromatic heterocycles. The number of benzene rings is 2. The topological polar surface area (TPSA) is 26.5 Å². The maximum atomic E-state index is 6.46. The van der Waals surface area contributed by atoms with Gasteiger partial charge in [-0.2, -0.15) is 0 Å². The van der Waals surface area contributed by atoms with Crippen LogP contribution in [-0.4, -0.2) is 17.3 Å². The van der Waals surface area contributed by atoms with E-state index in [9.17, 15) is 0 Å². The second-order valence-electron chi connectivity index (χ2n) is 6.22. The Bertz CT molecular complexity index is 959. The Morgan fingerprint density at radius 1 is 1.15 bits per heavy atom. The lowest BCUT2D eigenvalue weighted by Crippen LogP contribution is -2.24. The summed E-state index contributed by atoms with van der Waals surface area (Å²) in [7, 11) is 0. The van der Waals surface area contributed by atoms with Crippen LogP contribution in [0.2, 0.25) is 10.0 Å². The molecule has 1 atom stereocenters. The predicted molar refractivity (Wildman–Crippen MR) is 108 cm³/mol. The third kappa shape index (κ3) is 3.89. The molecule has 0 bridgehead atoms. The standard InChI is InChI=1S/C20H18Cl2N2OS/c21-14-8-9-18(22)17(11-14)19-13-26-20(23-15-5-2-1-3-6-15)24(19)12-16-7-4-10-25-16/h1-3,5-6,8-9,11,13,16H,4,7,10,12H2. The van der Waals surface area contributed by atoms with Crippen LogP contribution in [0.3, 0.4) is 0 Å². The lowest BCUT2D eigenvalue weighted by Gasteiger charge is -2.15. The van der Waals surface area contributed by atoms with Gasteiger partial charge in [-0.1, -0.05) is 41.4 Å². The summed E-state index contributed by atoms with van der Waals surface area (Å²) in [6, 6.07) is 15.5. The van der Waals surface area contributed by atoms with Crippen molar-refractivity contribution in [2.24, 2.45) is 4.99 Å². The minimum absolute atomic E-state index is 0.205. The summed E-state index contributed by atoms with van der Waals surface area (Å²) in [5.74, 6) is 0. The summed E-state index contributed by atoms with van der Waals surface area (Å²) in [5.41, 5.74) is 2.87. The Hall–Kier alpha value is -1.59. The summed E-state index contributed by atoms with van der Waals surface area (Å²) < 4.78 is 8.06. The number of ether oxygens (including phenoxy) is 1. The van der Waals surface area contributed by atoms with E-state index < -0.39 is 0 Å². The Morgan fingerprint density at radius 2 is 2.00 bits per heavy atom. The summed E-state index contributed by atoms with van der Waals surface area (Å²) in [6.07, 6.45) is 2.38. The minimum Gasteiger partial charge on any atom is -0.376 e. The highest BCUT2D eigenvalue weighted by atomic mass is 35.5. The lowest BCUT2D eigenvalue weighted by molar-refractivity contribution is 0.0968. The number of thiazole rings is 1. The molecule has 2 heterocycles. The highest BCUT2D eigenvalue weighted by Crippen LogP contribution is 2.31. The molecule has 0 N–H and O–H groups in total. The van der Waals surface area contributed by atoms with Crippen molar-refractivity contribution in [2.45, 2.75) is 25.5 Å². The molecule has 0 radical (unpaired) electrons. The Labute approximate surface area is 166 Å². The van der Waals surface area contributed by atoms with Crippen molar-refractivity contribution in [1.29, 1.82) is 0 Å². The molecule has 0 saturated carbocycles. The largest absolute Gasteiger partial charge is 0.376 e. The molecule has 1 saturated heterocycles. The SMILES string of the molecule is Clc1ccc(Cl)c(-c2csc(=Nc3ccccc3)n2CC2CCCO2)c1. The first kappa shape index (κ1) is 17.8. The average Bonchev–Trinajstić information content (AvgIpc) is 3.29. The molecule has 1 fully saturated rings. The van der Waals surface area contributed by atoms with Gasteiger partial charge in [-0.15, -0.1) is 11.3 Å². The Balaban J connectivity index is 1.83. The van der Waals surface area contributed by atoms with Gasteiger partial charge >= 0.3 is 0 Å². The van der Waals surface area contributed by atoms with E-state index >= 15 is 0 Å². The van der Waals surface area contributed by atoms with Gasteiger partial charge in [-0.05, 0) is 43.2 Å². The normalized spacial score (nSPS) is 17.8. The van der Waals surface area contributed by atoms with E-state index in [1.54, 1.807) is 17.4 Å². The zero-order valence-corrected chi connectivity index (χ0v) is 16.4. The fraction of sp³-hybridized carbons (Fsp3) is 0.250. The summed E-state index contributed by atoms with van der Waals surface area (Å²) in [6.45, 7) is 1.58. The number of hydrogen-bond donors (Lipinski definition) is 0. The number of hydrogen-bond acceptors (Lipinski definition) is 3. The highest BCUT2D eigenvalue weighted by molar-refractivity contribution is 7.07. The van der Waals surface area contributed by atoms with Gasteiger partial charge in [0.1, 0.15) is 0 Å². The first-order valence-corrected chi connectivity index (χ1v) is 10.2. The number of halogens is 2. The molecule has 134 valence electrons. The molecule has 0 spiro atoms. The Kier molecular flexibility index (Phi) is 5.46. The van der Waals surface area contributed by atoms with E-state index in [0.717, 1.165) is 47.7 Å². The molecule has 3 aromatic rings. The molecule has 0 aliphatic carbocycles. The number of aromatic nitrogens is 1. The van der Waals surface area contributed by atoms with E-state index in [2.05, 4.69) is 9.95 Å². The van der Waals surface area contributed by atoms with Crippen LogP contribution in [0.15, 0.2) is 58.9 Å². The van der Waals surface area contributed by atoms with Crippen molar-refractivity contribution in [3.63, 3.8) is 0 Å². The average molecular weight is 405 g/mol. The maximum Gasteiger partial charge on any atom is 0.190 e. The molecule has 1 unspecified atom stereocenters. The molecule has 26 heavy (non-hydrogen) atoms. The molecule has 1 aliphatic rings. The summed E-state index contributed by atoms with van der Waals surface area (Å²) >= 11 is 14.3. The first-order chi connectivity index (χ1) is 12.7. The van der Waals surface area contributed by atoms with E-state index in [1.165, 1.54) is 0 Å². The molecular formula is C20H18Cl2N2OS. The van der Waals surface area contributed by atoms with Crippen LogP contribution in [0.4, 0.5) is 5.69 Å². The van der Waals surface area contributed by atoms with Gasteiger partial charge in [0.05, 0.1) is 29.1 Å². The van der Waals surface area contributed by atoms with Crippen molar-refractivity contribution in [3.8, 4) is 11.3 Å². The number of rotatable bonds is 4. The minimum atomic E-state index is 0.205. The van der Waals surface area contributed by atoms with Crippen LogP contribution in [0.25, 0.3) is 11.3 Å². The molecule has 3 nitrogen and oxygen atoms in total. The fourth-order valence-corrected chi connectivity index (χ4v) is 4.43. The van der Waals surface area contributed by atoms with E-state index in [-0.39, 0.29) is 6.10 Å². The molecule has 4 rings (SSSR count). The van der Waals surface area contributed by atoms with Gasteiger partial charge in [-0.25, -0.2) is 4.99 Å². The van der Waals surface area contributed by atoms with Gasteiger partial charge < -0.3 is 9.30 Å². The maximum absolute atomic E-state index is 6.46. The third-order valence-electron chi connectivity index (χ3n) is 4.39. The zero-order chi connectivity index (χ0) is 17.9.